The molecule has 1 aromatic heterocycles. The summed E-state index contributed by atoms with van der Waals surface area (Å²) in [5.74, 6) is -1.87. The highest BCUT2D eigenvalue weighted by Gasteiger charge is 2.12. The Morgan fingerprint density at radius 3 is 1.07 bits per heavy atom. The number of aryl methyl sites for hydroxylation is 1. The third-order valence-corrected chi connectivity index (χ3v) is 11.0. The van der Waals surface area contributed by atoms with E-state index in [0.29, 0.717) is 29.5 Å². The minimum absolute atomic E-state index is 0. The maximum atomic E-state index is 11.8. The molecule has 81 heavy (non-hydrogen) atoms. The van der Waals surface area contributed by atoms with Crippen LogP contribution >= 0.6 is 0 Å². The van der Waals surface area contributed by atoms with Crippen LogP contribution < -0.4 is 0 Å². The maximum absolute atomic E-state index is 11.8. The van der Waals surface area contributed by atoms with E-state index in [1.807, 2.05) is 151 Å². The van der Waals surface area contributed by atoms with E-state index in [1.54, 1.807) is 97.1 Å². The van der Waals surface area contributed by atoms with Crippen molar-refractivity contribution in [2.75, 3.05) is 0 Å². The van der Waals surface area contributed by atoms with Gasteiger partial charge in [0.2, 0.25) is 0 Å². The van der Waals surface area contributed by atoms with Gasteiger partial charge in [0.25, 0.3) is 0 Å². The third-order valence-electron chi connectivity index (χ3n) is 11.0. The summed E-state index contributed by atoms with van der Waals surface area (Å²) in [5, 5.41) is 7.98. The van der Waals surface area contributed by atoms with Crippen LogP contribution in [0, 0.1) is 0 Å². The zero-order valence-corrected chi connectivity index (χ0v) is 46.5. The van der Waals surface area contributed by atoms with Gasteiger partial charge >= 0.3 is 17.9 Å². The molecule has 0 radical (unpaired) electrons. The van der Waals surface area contributed by atoms with E-state index in [-0.39, 0.29) is 78.3 Å². The van der Waals surface area contributed by atoms with Crippen LogP contribution in [0.15, 0.2) is 188 Å². The second-order valence-electron chi connectivity index (χ2n) is 16.0. The molecule has 0 aliphatic heterocycles. The van der Waals surface area contributed by atoms with Gasteiger partial charge in [0, 0.05) is 24.8 Å². The first-order valence-corrected chi connectivity index (χ1v) is 26.5. The Morgan fingerprint density at radius 1 is 0.457 bits per heavy atom. The quantitative estimate of drug-likeness (QED) is 0.0457. The predicted molar refractivity (Wildman–Crippen MR) is 331 cm³/mol. The molecule has 434 valence electrons. The number of esters is 3. The van der Waals surface area contributed by atoms with Gasteiger partial charge in [-0.15, -0.1) is 5.10 Å². The Morgan fingerprint density at radius 2 is 0.765 bits per heavy atom. The van der Waals surface area contributed by atoms with Crippen LogP contribution in [0.1, 0.15) is 178 Å². The molecule has 0 spiro atoms. The van der Waals surface area contributed by atoms with Gasteiger partial charge in [0.1, 0.15) is 48.2 Å². The lowest BCUT2D eigenvalue weighted by Gasteiger charge is -2.09. The molecule has 0 fully saturated rings. The monoisotopic (exact) mass is 1110 g/mol. The fourth-order valence-electron chi connectivity index (χ4n) is 6.87. The summed E-state index contributed by atoms with van der Waals surface area (Å²) in [4.78, 5) is 68.5. The molecule has 0 bridgehead atoms. The highest BCUT2D eigenvalue weighted by molar-refractivity contribution is 5.90. The zero-order valence-electron chi connectivity index (χ0n) is 49.5. The molecular weight excluding hydrogens is 1010 g/mol. The van der Waals surface area contributed by atoms with Gasteiger partial charge in [-0.05, 0) is 102 Å². The van der Waals surface area contributed by atoms with Gasteiger partial charge in [0.15, 0.2) is 0 Å². The number of rotatable bonds is 18. The lowest BCUT2D eigenvalue weighted by molar-refractivity contribution is -0.109. The van der Waals surface area contributed by atoms with Gasteiger partial charge in [-0.1, -0.05) is 222 Å². The van der Waals surface area contributed by atoms with Crippen molar-refractivity contribution in [3.63, 3.8) is 0 Å². The minimum Gasteiger partial charge on any atom is -0.457 e. The number of carbonyl (C=O) groups excluding carboxylic acids is 6. The number of aldehydes is 3. The van der Waals surface area contributed by atoms with Crippen molar-refractivity contribution in [1.29, 1.82) is 0 Å². The molecule has 7 aromatic carbocycles. The first-order valence-electron chi connectivity index (χ1n) is 28.0. The van der Waals surface area contributed by atoms with Gasteiger partial charge in [-0.25, -0.2) is 19.1 Å². The number of ether oxygens (including phenoxy) is 3. The first kappa shape index (κ1) is 68.5. The van der Waals surface area contributed by atoms with E-state index < -0.39 is 18.8 Å². The smallest absolute Gasteiger partial charge is 0.338 e. The van der Waals surface area contributed by atoms with Crippen molar-refractivity contribution in [3.8, 4) is 0 Å². The Hall–Kier alpha value is -8.64. The van der Waals surface area contributed by atoms with Gasteiger partial charge in [-0.3, -0.25) is 0 Å². The van der Waals surface area contributed by atoms with E-state index >= 15 is 0 Å². The van der Waals surface area contributed by atoms with E-state index in [9.17, 15) is 28.8 Å². The van der Waals surface area contributed by atoms with Gasteiger partial charge in [0.05, 0.1) is 22.2 Å². The van der Waals surface area contributed by atoms with Crippen LogP contribution in [-0.4, -0.2) is 51.7 Å². The minimum atomic E-state index is -0.617. The molecule has 12 heteroatoms. The fraction of sp³-hybridized carbons (Fsp3) is 0.304. The number of hydrogen-bond donors (Lipinski definition) is 0. The van der Waals surface area contributed by atoms with Crippen LogP contribution in [0.4, 0.5) is 0 Å². The topological polar surface area (TPSA) is 161 Å². The molecule has 2 atom stereocenters. The highest BCUT2D eigenvalue weighted by Crippen LogP contribution is 2.20. The molecule has 0 saturated heterocycles. The second kappa shape index (κ2) is 45.2. The van der Waals surface area contributed by atoms with E-state index in [0.717, 1.165) is 51.0 Å². The van der Waals surface area contributed by atoms with Crippen molar-refractivity contribution in [2.45, 2.75) is 142 Å². The average molecular weight is 1110 g/mol. The van der Waals surface area contributed by atoms with Crippen LogP contribution in [0.2, 0.25) is 0 Å². The Balaban J connectivity index is 0. The molecule has 8 aromatic rings. The molecule has 0 N–H and O–H groups in total. The van der Waals surface area contributed by atoms with E-state index in [4.69, 9.17) is 18.3 Å². The van der Waals surface area contributed by atoms with Crippen LogP contribution in [-0.2, 0) is 61.4 Å². The number of hydrogen-bond acceptors (Lipinski definition) is 11. The number of carbonyl (C=O) groups is 6. The van der Waals surface area contributed by atoms with E-state index in [2.05, 4.69) is 17.2 Å². The molecule has 12 nitrogen and oxygen atoms in total. The lowest BCUT2D eigenvalue weighted by Crippen LogP contribution is -2.05. The Bertz CT molecular complexity index is 2950. The van der Waals surface area contributed by atoms with Crippen molar-refractivity contribution in [2.24, 2.45) is 0 Å². The largest absolute Gasteiger partial charge is 0.457 e. The van der Waals surface area contributed by atoms with Crippen molar-refractivity contribution in [3.05, 3.63) is 238 Å². The molecule has 8 rings (SSSR count). The summed E-state index contributed by atoms with van der Waals surface area (Å²) < 4.78 is 39.0. The summed E-state index contributed by atoms with van der Waals surface area (Å²) in [6, 6.07) is 56.0. The number of benzene rings is 7. The summed E-state index contributed by atoms with van der Waals surface area (Å²) in [6.07, 6.45) is -0.468. The predicted octanol–water partition coefficient (Wildman–Crippen LogP) is 16.7. The molecule has 1 heterocycles. The van der Waals surface area contributed by atoms with Gasteiger partial charge < -0.3 is 28.6 Å². The maximum Gasteiger partial charge on any atom is 0.338 e. The average Bonchev–Trinajstić information content (AvgIpc) is 4.07. The van der Waals surface area contributed by atoms with Crippen LogP contribution in [0.5, 0.6) is 0 Å². The number of nitrogens with zero attached hydrogens (tertiary/aromatic N) is 3. The third kappa shape index (κ3) is 26.7. The number of fused-ring (bicyclic) bond motifs is 1. The van der Waals surface area contributed by atoms with Gasteiger partial charge in [-0.2, -0.15) is 0 Å². The van der Waals surface area contributed by atoms with Crippen LogP contribution in [0.25, 0.3) is 11.0 Å². The second-order valence-corrected chi connectivity index (χ2v) is 16.0. The first-order chi connectivity index (χ1) is 39.3. The SMILES string of the molecule is C.C.C.CC.CC.CC.CCn1nnc2ccccc21.[3H]C(=O)Cc1ccc(COC(=O)c2ccccc2)cc1.[3H]C(=O)[C@@H](CC)c1ccc(COC(=O)c2ccccc2)cc1.[3H]C(=O)[C@H](CC)c1ccc(COC(=O)c2ccccc2)cc1. The van der Waals surface area contributed by atoms with Crippen molar-refractivity contribution in [1.82, 2.24) is 15.0 Å². The summed E-state index contributed by atoms with van der Waals surface area (Å²) in [5.41, 5.74) is 8.59. The zero-order chi connectivity index (χ0) is 60.0. The summed E-state index contributed by atoms with van der Waals surface area (Å²) in [6.45, 7) is 19.2. The van der Waals surface area contributed by atoms with E-state index in [1.165, 1.54) is 0 Å². The molecular formula is C69H89N3O9. The Labute approximate surface area is 488 Å². The fourth-order valence-corrected chi connectivity index (χ4v) is 6.87. The summed E-state index contributed by atoms with van der Waals surface area (Å²) >= 11 is 0. The Kier molecular flexibility index (Phi) is 38.2. The van der Waals surface area contributed by atoms with Crippen molar-refractivity contribution < 1.29 is 47.1 Å². The molecule has 0 aliphatic rings. The summed E-state index contributed by atoms with van der Waals surface area (Å²) in [7, 11) is 0. The lowest BCUT2D eigenvalue weighted by atomic mass is 9.97. The molecule has 0 amide bonds. The van der Waals surface area contributed by atoms with Crippen molar-refractivity contribution >= 4 is 47.7 Å². The molecule has 0 aliphatic carbocycles. The standard InChI is InChI=1S/2C18H18O3.C16H14O3.C8H9N3.3C2H6.3CH4/c2*1-2-15(12-19)16-10-8-14(9-11-16)13-21-18(20)17-6-4-3-5-7-17;17-11-10-13-6-8-14(9-7-13)12-19-16(18)15-4-2-1-3-5-15;1-2-11-8-6-4-3-5-7(8)9-10-11;3*1-2;;;/h2*3-12,15H,2,13H2,1H3;1-9,11H,10,12H2;3-6H,2H2,1H3;3*1-2H3;3*1H4/t2*15-;;;;;;;;/m10......../s1/i2*12T;11T;;;;;;;. The van der Waals surface area contributed by atoms with Crippen LogP contribution in [0.3, 0.4) is 0 Å². The molecule has 0 unspecified atom stereocenters. The highest BCUT2D eigenvalue weighted by atomic mass is 16.5. The molecule has 0 saturated carbocycles. The number of para-hydroxylation sites is 1. The normalized spacial score (nSPS) is 10.6. The number of aromatic nitrogens is 3.